The van der Waals surface area contributed by atoms with Crippen LogP contribution in [0.1, 0.15) is 114 Å². The molecule has 0 aromatic carbocycles. The van der Waals surface area contributed by atoms with E-state index in [1.807, 2.05) is 20.8 Å². The molecule has 0 radical (unpaired) electrons. The van der Waals surface area contributed by atoms with Crippen molar-refractivity contribution in [2.24, 2.45) is 17.3 Å². The van der Waals surface area contributed by atoms with Crippen LogP contribution in [0.2, 0.25) is 0 Å². The van der Waals surface area contributed by atoms with Crippen molar-refractivity contribution in [1.82, 2.24) is 10.2 Å². The minimum absolute atomic E-state index is 0.00660. The number of hydrogen-bond donors (Lipinski definition) is 2. The normalized spacial score (nSPS) is 24.0. The molecule has 3 aliphatic rings. The summed E-state index contributed by atoms with van der Waals surface area (Å²) in [5, 5.41) is 13.1. The molecule has 1 aliphatic heterocycles. The van der Waals surface area contributed by atoms with Crippen LogP contribution in [-0.2, 0) is 14.3 Å². The van der Waals surface area contributed by atoms with E-state index in [-0.39, 0.29) is 40.3 Å². The SMILES string of the molecule is CC1CCC(C(=O)N(c2cc(C#CC(C)(C)C)sc2C(=O)O)C2CCC(NC(=O)OC3CN(C(=O)OC(C)(C)C)C3)CC2)CC1. The number of thiophene rings is 1. The molecule has 2 heterocycles. The number of carbonyl (C=O) groups excluding carboxylic acids is 3. The summed E-state index contributed by atoms with van der Waals surface area (Å²) in [6, 6.07) is 1.46. The molecular formula is C34H49N3O7S. The van der Waals surface area contributed by atoms with Gasteiger partial charge in [-0.15, -0.1) is 11.3 Å². The van der Waals surface area contributed by atoms with Crippen LogP contribution in [0.25, 0.3) is 0 Å². The highest BCUT2D eigenvalue weighted by Crippen LogP contribution is 2.39. The first-order valence-corrected chi connectivity index (χ1v) is 17.0. The number of hydrogen-bond acceptors (Lipinski definition) is 7. The topological polar surface area (TPSA) is 125 Å². The van der Waals surface area contributed by atoms with Gasteiger partial charge in [0.2, 0.25) is 5.91 Å². The monoisotopic (exact) mass is 643 g/mol. The summed E-state index contributed by atoms with van der Waals surface area (Å²) in [7, 11) is 0. The average molecular weight is 644 g/mol. The fraction of sp³-hybridized carbons (Fsp3) is 0.706. The molecule has 1 aromatic heterocycles. The largest absolute Gasteiger partial charge is 0.477 e. The minimum Gasteiger partial charge on any atom is -0.477 e. The van der Waals surface area contributed by atoms with Gasteiger partial charge < -0.3 is 29.7 Å². The third-order valence-electron chi connectivity index (χ3n) is 8.49. The quantitative estimate of drug-likeness (QED) is 0.332. The Hall–Kier alpha value is -3.26. The van der Waals surface area contributed by atoms with Crippen LogP contribution >= 0.6 is 11.3 Å². The second-order valence-corrected chi connectivity index (χ2v) is 15.9. The summed E-state index contributed by atoms with van der Waals surface area (Å²) in [6.45, 7) is 14.2. The lowest BCUT2D eigenvalue weighted by molar-refractivity contribution is -0.124. The summed E-state index contributed by atoms with van der Waals surface area (Å²) in [5.41, 5.74) is -0.398. The number of nitrogens with one attached hydrogen (secondary N) is 1. The highest BCUT2D eigenvalue weighted by molar-refractivity contribution is 7.15. The first-order valence-electron chi connectivity index (χ1n) is 16.2. The van der Waals surface area contributed by atoms with Gasteiger partial charge in [0.25, 0.3) is 0 Å². The maximum absolute atomic E-state index is 14.2. The van der Waals surface area contributed by atoms with Gasteiger partial charge in [0.05, 0.1) is 23.7 Å². The zero-order valence-corrected chi connectivity index (χ0v) is 28.6. The predicted octanol–water partition coefficient (Wildman–Crippen LogP) is 6.66. The van der Waals surface area contributed by atoms with Crippen molar-refractivity contribution in [3.05, 3.63) is 15.8 Å². The maximum atomic E-state index is 14.2. The molecule has 3 amide bonds. The predicted molar refractivity (Wildman–Crippen MR) is 173 cm³/mol. The summed E-state index contributed by atoms with van der Waals surface area (Å²) < 4.78 is 10.9. The molecule has 2 aliphatic carbocycles. The van der Waals surface area contributed by atoms with E-state index in [9.17, 15) is 24.3 Å². The standard InChI is InChI=1S/C34H49N3O7S/c1-21-8-10-22(11-9-21)29(38)37(27-18-26(16-17-33(2,3)4)45-28(27)30(39)40)24-14-12-23(13-15-24)35-31(41)43-25-19-36(20-25)32(42)44-34(5,6)7/h18,21-25H,8-15,19-20H2,1-7H3,(H,35,41)(H,39,40). The highest BCUT2D eigenvalue weighted by atomic mass is 32.1. The van der Waals surface area contributed by atoms with Gasteiger partial charge >= 0.3 is 18.2 Å². The third-order valence-corrected chi connectivity index (χ3v) is 9.51. The summed E-state index contributed by atoms with van der Waals surface area (Å²) >= 11 is 1.12. The Balaban J connectivity index is 1.41. The Bertz CT molecular complexity index is 1310. The molecule has 0 spiro atoms. The number of likely N-dealkylation sites (tertiary alicyclic amines) is 1. The Morgan fingerprint density at radius 2 is 1.60 bits per heavy atom. The molecule has 0 bridgehead atoms. The van der Waals surface area contributed by atoms with Crippen LogP contribution in [0.3, 0.4) is 0 Å². The first kappa shape index (κ1) is 34.6. The number of rotatable bonds is 6. The third kappa shape index (κ3) is 9.62. The van der Waals surface area contributed by atoms with E-state index in [1.165, 1.54) is 4.90 Å². The number of carboxylic acids is 1. The number of anilines is 1. The van der Waals surface area contributed by atoms with Crippen molar-refractivity contribution in [3.63, 3.8) is 0 Å². The fourth-order valence-corrected chi connectivity index (χ4v) is 6.88. The molecule has 10 nitrogen and oxygen atoms in total. The number of amides is 3. The van der Waals surface area contributed by atoms with Crippen molar-refractivity contribution in [3.8, 4) is 11.8 Å². The number of carboxylic acid groups (broad SMARTS) is 1. The van der Waals surface area contributed by atoms with E-state index in [2.05, 4.69) is 24.1 Å². The minimum atomic E-state index is -1.06. The van der Waals surface area contributed by atoms with Crippen molar-refractivity contribution in [1.29, 1.82) is 0 Å². The lowest BCUT2D eigenvalue weighted by Crippen LogP contribution is -2.57. The van der Waals surface area contributed by atoms with Gasteiger partial charge in [-0.2, -0.15) is 0 Å². The van der Waals surface area contributed by atoms with Crippen LogP contribution in [0.4, 0.5) is 15.3 Å². The lowest BCUT2D eigenvalue weighted by Gasteiger charge is -2.40. The molecule has 1 aromatic rings. The molecule has 1 saturated heterocycles. The molecule has 0 atom stereocenters. The molecule has 11 heteroatoms. The van der Waals surface area contributed by atoms with E-state index in [4.69, 9.17) is 9.47 Å². The number of aromatic carboxylic acids is 1. The Morgan fingerprint density at radius 3 is 2.16 bits per heavy atom. The van der Waals surface area contributed by atoms with Crippen LogP contribution in [0.15, 0.2) is 6.07 Å². The smallest absolute Gasteiger partial charge is 0.410 e. The molecule has 4 rings (SSSR count). The van der Waals surface area contributed by atoms with Gasteiger partial charge in [0.15, 0.2) is 0 Å². The lowest BCUT2D eigenvalue weighted by atomic mass is 9.81. The van der Waals surface area contributed by atoms with Gasteiger partial charge in [-0.25, -0.2) is 14.4 Å². The summed E-state index contributed by atoms with van der Waals surface area (Å²) in [5.74, 6) is 5.69. The number of alkyl carbamates (subject to hydrolysis) is 1. The van der Waals surface area contributed by atoms with Gasteiger partial charge in [0, 0.05) is 23.4 Å². The summed E-state index contributed by atoms with van der Waals surface area (Å²) in [4.78, 5) is 55.4. The fourth-order valence-electron chi connectivity index (χ4n) is 6.04. The second-order valence-electron chi connectivity index (χ2n) is 14.9. The molecule has 2 saturated carbocycles. The van der Waals surface area contributed by atoms with Crippen LogP contribution in [0, 0.1) is 29.1 Å². The van der Waals surface area contributed by atoms with E-state index in [1.54, 1.807) is 31.7 Å². The van der Waals surface area contributed by atoms with Crippen LogP contribution < -0.4 is 10.2 Å². The van der Waals surface area contributed by atoms with Gasteiger partial charge in [-0.3, -0.25) is 4.79 Å². The van der Waals surface area contributed by atoms with Crippen LogP contribution in [-0.4, -0.2) is 70.9 Å². The first-order chi connectivity index (χ1) is 21.0. The molecular weight excluding hydrogens is 594 g/mol. The molecule has 3 fully saturated rings. The number of nitrogens with zero attached hydrogens (tertiary/aromatic N) is 2. The van der Waals surface area contributed by atoms with Crippen molar-refractivity contribution < 1.29 is 33.8 Å². The zero-order chi connectivity index (χ0) is 33.1. The highest BCUT2D eigenvalue weighted by Gasteiger charge is 2.39. The zero-order valence-electron chi connectivity index (χ0n) is 27.7. The number of ether oxygens (including phenoxy) is 2. The molecule has 0 unspecified atom stereocenters. The van der Waals surface area contributed by atoms with E-state index in [0.29, 0.717) is 55.3 Å². The second kappa shape index (κ2) is 14.0. The Kier molecular flexibility index (Phi) is 10.8. The van der Waals surface area contributed by atoms with Gasteiger partial charge in [-0.05, 0) is 105 Å². The molecule has 248 valence electrons. The van der Waals surface area contributed by atoms with Crippen molar-refractivity contribution >= 4 is 41.1 Å². The Morgan fingerprint density at radius 1 is 0.978 bits per heavy atom. The van der Waals surface area contributed by atoms with E-state index in [0.717, 1.165) is 37.0 Å². The molecule has 45 heavy (non-hydrogen) atoms. The van der Waals surface area contributed by atoms with Gasteiger partial charge in [0.1, 0.15) is 16.6 Å². The van der Waals surface area contributed by atoms with Crippen LogP contribution in [0.5, 0.6) is 0 Å². The maximum Gasteiger partial charge on any atom is 0.410 e. The Labute approximate surface area is 271 Å². The number of carbonyl (C=O) groups is 4. The summed E-state index contributed by atoms with van der Waals surface area (Å²) in [6.07, 6.45) is 4.73. The van der Waals surface area contributed by atoms with E-state index >= 15 is 0 Å². The van der Waals surface area contributed by atoms with Crippen molar-refractivity contribution in [2.75, 3.05) is 18.0 Å². The average Bonchev–Trinajstić information content (AvgIpc) is 3.33. The van der Waals surface area contributed by atoms with Gasteiger partial charge in [-0.1, -0.05) is 18.8 Å². The molecule has 2 N–H and O–H groups in total. The van der Waals surface area contributed by atoms with Crippen molar-refractivity contribution in [2.45, 2.75) is 124 Å². The van der Waals surface area contributed by atoms with E-state index < -0.39 is 23.8 Å².